The summed E-state index contributed by atoms with van der Waals surface area (Å²) in [5, 5.41) is 0. The van der Waals surface area contributed by atoms with E-state index in [1.165, 1.54) is 25.7 Å². The van der Waals surface area contributed by atoms with E-state index < -0.39 is 59.2 Å². The molecule has 0 fully saturated rings. The molecule has 4 aliphatic rings. The zero-order valence-electron chi connectivity index (χ0n) is 20.5. The van der Waals surface area contributed by atoms with Crippen molar-refractivity contribution in [1.82, 2.24) is 0 Å². The number of halogens is 2. The van der Waals surface area contributed by atoms with Crippen LogP contribution >= 0.6 is 0 Å². The third-order valence-corrected chi connectivity index (χ3v) is 95.6. The minimum atomic E-state index is -1.48. The Morgan fingerprint density at radius 1 is 0.594 bits per heavy atom. The summed E-state index contributed by atoms with van der Waals surface area (Å²) >= 11 is -2.95. The van der Waals surface area contributed by atoms with Gasteiger partial charge in [-0.1, -0.05) is 0 Å². The molecule has 0 saturated carbocycles. The van der Waals surface area contributed by atoms with Crippen LogP contribution < -0.4 is 24.8 Å². The number of hydrogen-bond acceptors (Lipinski definition) is 0. The van der Waals surface area contributed by atoms with Crippen LogP contribution in [0.25, 0.3) is 0 Å². The van der Waals surface area contributed by atoms with Crippen LogP contribution in [0.4, 0.5) is 0 Å². The maximum absolute atomic E-state index is 2.62. The monoisotopic (exact) mass is 928 g/mol. The zero-order valence-corrected chi connectivity index (χ0v) is 34.1. The van der Waals surface area contributed by atoms with Crippen LogP contribution in [0.3, 0.4) is 0 Å². The summed E-state index contributed by atoms with van der Waals surface area (Å²) in [6, 6.07) is 0. The summed E-state index contributed by atoms with van der Waals surface area (Å²) in [4.78, 5) is 0. The average molecular weight is 924 g/mol. The Morgan fingerprint density at radius 2 is 0.969 bits per heavy atom. The first-order chi connectivity index (χ1) is 14.4. The van der Waals surface area contributed by atoms with Gasteiger partial charge in [-0.2, -0.15) is 0 Å². The first-order valence-corrected chi connectivity index (χ1v) is 52.4. The van der Waals surface area contributed by atoms with E-state index in [0.29, 0.717) is 0 Å². The first kappa shape index (κ1) is 31.4. The van der Waals surface area contributed by atoms with E-state index in [0.717, 1.165) is 0 Å². The molecule has 0 spiro atoms. The fourth-order valence-electron chi connectivity index (χ4n) is 5.00. The maximum Gasteiger partial charge on any atom is -1.00 e. The van der Waals surface area contributed by atoms with Crippen molar-refractivity contribution >= 4 is 21.3 Å². The average Bonchev–Trinajstić information content (AvgIpc) is 3.48. The Hall–Kier alpha value is 1.33. The van der Waals surface area contributed by atoms with E-state index in [2.05, 4.69) is 97.6 Å². The Balaban J connectivity index is 0.000000301. The summed E-state index contributed by atoms with van der Waals surface area (Å²) in [5.41, 5.74) is 3.26. The Bertz CT molecular complexity index is 829. The van der Waals surface area contributed by atoms with Crippen molar-refractivity contribution in [3.05, 3.63) is 85.2 Å². The molecule has 4 rings (SSSR count). The largest absolute Gasteiger partial charge is 1.00 e. The van der Waals surface area contributed by atoms with Crippen LogP contribution in [-0.4, -0.2) is 21.3 Å². The van der Waals surface area contributed by atoms with Gasteiger partial charge in [-0.25, -0.2) is 0 Å². The van der Waals surface area contributed by atoms with Gasteiger partial charge >= 0.3 is 207 Å². The molecule has 0 radical (unpaired) electrons. The Labute approximate surface area is 228 Å². The van der Waals surface area contributed by atoms with Gasteiger partial charge in [0.25, 0.3) is 0 Å². The SMILES string of the molecule is CC1=[C]([Hf+]([C]2=CC=CC2)[GeH]([CH3])[CH3])CC=C1.CC1=[C]([Hf+]([C]2=CC=CC2)[GeH]([CH3])[CH3])CC=C1.[Cl-].[Cl-]. The molecule has 0 heterocycles. The molecular weight excluding hydrogens is 885 g/mol. The van der Waals surface area contributed by atoms with Crippen molar-refractivity contribution in [3.8, 4) is 0 Å². The zero-order chi connectivity index (χ0) is 21.7. The second-order valence-corrected chi connectivity index (χ2v) is 96.9. The van der Waals surface area contributed by atoms with Crippen LogP contribution in [-0.2, 0) is 37.9 Å². The van der Waals surface area contributed by atoms with Gasteiger partial charge in [0.05, 0.1) is 0 Å². The van der Waals surface area contributed by atoms with E-state index in [4.69, 9.17) is 0 Å². The van der Waals surface area contributed by atoms with E-state index in [1.54, 1.807) is 11.1 Å². The van der Waals surface area contributed by atoms with Gasteiger partial charge < -0.3 is 24.8 Å². The molecule has 0 aromatic carbocycles. The van der Waals surface area contributed by atoms with Crippen molar-refractivity contribution < 1.29 is 62.7 Å². The van der Waals surface area contributed by atoms with Gasteiger partial charge in [0.2, 0.25) is 0 Å². The summed E-state index contributed by atoms with van der Waals surface area (Å²) in [6.45, 7) is 4.66. The smallest absolute Gasteiger partial charge is 1.00 e. The van der Waals surface area contributed by atoms with Gasteiger partial charge in [-0.05, 0) is 0 Å². The van der Waals surface area contributed by atoms with E-state index in [9.17, 15) is 0 Å². The molecule has 0 atom stereocenters. The second-order valence-electron chi connectivity index (χ2n) is 9.32. The van der Waals surface area contributed by atoms with E-state index in [-0.39, 0.29) is 24.8 Å². The first-order valence-electron chi connectivity index (χ1n) is 11.6. The van der Waals surface area contributed by atoms with Crippen LogP contribution in [0.1, 0.15) is 39.5 Å². The molecule has 4 aliphatic carbocycles. The Kier molecular flexibility index (Phi) is 15.1. The summed E-state index contributed by atoms with van der Waals surface area (Å²) in [5.74, 6) is 10.5. The topological polar surface area (TPSA) is 0 Å². The molecular formula is C26H38Cl2Ge2Hf2. The van der Waals surface area contributed by atoms with Crippen LogP contribution in [0.2, 0.25) is 23.0 Å². The van der Waals surface area contributed by atoms with Crippen molar-refractivity contribution in [3.63, 3.8) is 0 Å². The predicted octanol–water partition coefficient (Wildman–Crippen LogP) is 1.34. The molecule has 172 valence electrons. The van der Waals surface area contributed by atoms with Crippen LogP contribution in [0.15, 0.2) is 85.2 Å². The molecule has 0 N–H and O–H groups in total. The summed E-state index contributed by atoms with van der Waals surface area (Å²) in [7, 11) is -1.79. The van der Waals surface area contributed by atoms with E-state index in [1.807, 2.05) is 13.3 Å². The molecule has 0 saturated heterocycles. The minimum Gasteiger partial charge on any atom is -1.00 e. The third kappa shape index (κ3) is 8.19. The number of rotatable bonds is 6. The summed E-state index contributed by atoms with van der Waals surface area (Å²) < 4.78 is 7.66. The molecule has 0 bridgehead atoms. The Morgan fingerprint density at radius 3 is 1.19 bits per heavy atom. The maximum atomic E-state index is 2.62. The third-order valence-electron chi connectivity index (χ3n) is 6.37. The molecule has 0 aromatic rings. The number of hydrogen-bond donors (Lipinski definition) is 0. The van der Waals surface area contributed by atoms with Crippen LogP contribution in [0.5, 0.6) is 0 Å². The molecule has 0 aromatic heterocycles. The van der Waals surface area contributed by atoms with E-state index >= 15 is 0 Å². The molecule has 0 unspecified atom stereocenters. The van der Waals surface area contributed by atoms with Crippen molar-refractivity contribution in [2.45, 2.75) is 62.6 Å². The fourth-order valence-corrected chi connectivity index (χ4v) is 97.2. The second kappa shape index (κ2) is 15.4. The van der Waals surface area contributed by atoms with Gasteiger partial charge in [0.15, 0.2) is 0 Å². The van der Waals surface area contributed by atoms with Crippen molar-refractivity contribution in [2.75, 3.05) is 0 Å². The fraction of sp³-hybridized carbons (Fsp3) is 0.385. The van der Waals surface area contributed by atoms with Crippen LogP contribution in [0, 0.1) is 0 Å². The van der Waals surface area contributed by atoms with Crippen molar-refractivity contribution in [1.29, 1.82) is 0 Å². The number of allylic oxidation sites excluding steroid dienone is 16. The van der Waals surface area contributed by atoms with Gasteiger partial charge in [-0.3, -0.25) is 0 Å². The predicted molar refractivity (Wildman–Crippen MR) is 134 cm³/mol. The van der Waals surface area contributed by atoms with Gasteiger partial charge in [0, 0.05) is 0 Å². The minimum absolute atomic E-state index is 0. The van der Waals surface area contributed by atoms with Crippen molar-refractivity contribution in [2.24, 2.45) is 0 Å². The standard InChI is InChI=1S/2C6H7.2C5H5.2C2H7Ge.2ClH.2Hf/c2*1-6-4-2-3-5-6;2*1-2-4-5-3-1;2*1-3-2;;;;/h2*2,4H,3H2,1H3;2*1-3H,4H2;2*3H,1-2H3;2*1H;;/q;;;;;;;;2*+1/p-2. The van der Waals surface area contributed by atoms with Gasteiger partial charge in [0.1, 0.15) is 0 Å². The molecule has 6 heteroatoms. The normalized spacial score (nSPS) is 18.1. The summed E-state index contributed by atoms with van der Waals surface area (Å²) in [6.07, 6.45) is 28.8. The molecule has 0 nitrogen and oxygen atoms in total. The molecule has 32 heavy (non-hydrogen) atoms. The molecule has 0 aliphatic heterocycles. The molecule has 0 amide bonds. The quantitative estimate of drug-likeness (QED) is 0.354. The van der Waals surface area contributed by atoms with Gasteiger partial charge in [-0.15, -0.1) is 0 Å².